The highest BCUT2D eigenvalue weighted by Crippen LogP contribution is 2.53. The van der Waals surface area contributed by atoms with Gasteiger partial charge in [-0.25, -0.2) is 0 Å². The highest BCUT2D eigenvalue weighted by atomic mass is 16.6. The monoisotopic (exact) mass is 337 g/mol. The number of para-hydroxylation sites is 1. The van der Waals surface area contributed by atoms with Gasteiger partial charge in [-0.1, -0.05) is 62.4 Å². The number of carbonyl (C=O) groups excluding carboxylic acids is 1. The van der Waals surface area contributed by atoms with Gasteiger partial charge in [0.25, 0.3) is 0 Å². The highest BCUT2D eigenvalue weighted by Gasteiger charge is 2.57. The van der Waals surface area contributed by atoms with E-state index in [4.69, 9.17) is 4.74 Å². The maximum absolute atomic E-state index is 13.5. The van der Waals surface area contributed by atoms with E-state index in [9.17, 15) is 4.79 Å². The minimum absolute atomic E-state index is 0.0729. The van der Waals surface area contributed by atoms with Crippen molar-refractivity contribution in [2.45, 2.75) is 51.7 Å². The second-order valence-corrected chi connectivity index (χ2v) is 8.06. The Bertz CT molecular complexity index is 761. The molecule has 2 aromatic rings. The first-order valence-electron chi connectivity index (χ1n) is 8.91. The largest absolute Gasteiger partial charge is 0.459 e. The molecule has 1 heterocycles. The molecule has 2 atom stereocenters. The first-order chi connectivity index (χ1) is 11.8. The third kappa shape index (κ3) is 2.92. The molecule has 0 spiro atoms. The molecule has 132 valence electrons. The molecular formula is C22H27NO2. The lowest BCUT2D eigenvalue weighted by Crippen LogP contribution is -2.48. The molecule has 0 saturated heterocycles. The normalized spacial score (nSPS) is 22.4. The molecule has 0 bridgehead atoms. The lowest BCUT2D eigenvalue weighted by atomic mass is 9.66. The molecule has 0 unspecified atom stereocenters. The molecular weight excluding hydrogens is 310 g/mol. The summed E-state index contributed by atoms with van der Waals surface area (Å²) in [6.07, 6.45) is 0. The van der Waals surface area contributed by atoms with Crippen molar-refractivity contribution in [1.29, 1.82) is 0 Å². The minimum Gasteiger partial charge on any atom is -0.459 e. The van der Waals surface area contributed by atoms with Crippen molar-refractivity contribution in [2.24, 2.45) is 5.92 Å². The van der Waals surface area contributed by atoms with Gasteiger partial charge in [0.05, 0.1) is 6.04 Å². The number of nitrogens with one attached hydrogen (secondary N) is 1. The molecule has 2 aromatic carbocycles. The minimum atomic E-state index is -0.759. The van der Waals surface area contributed by atoms with Gasteiger partial charge < -0.3 is 10.1 Å². The Balaban J connectivity index is 2.20. The number of esters is 1. The Morgan fingerprint density at radius 1 is 1.04 bits per heavy atom. The maximum Gasteiger partial charge on any atom is 0.319 e. The van der Waals surface area contributed by atoms with Crippen LogP contribution in [0.5, 0.6) is 0 Å². The van der Waals surface area contributed by atoms with E-state index in [1.165, 1.54) is 0 Å². The fourth-order valence-electron chi connectivity index (χ4n) is 3.86. The number of hydrogen-bond donors (Lipinski definition) is 1. The van der Waals surface area contributed by atoms with E-state index >= 15 is 0 Å². The third-order valence-corrected chi connectivity index (χ3v) is 4.91. The Morgan fingerprint density at radius 2 is 1.64 bits per heavy atom. The Labute approximate surface area is 150 Å². The number of benzene rings is 2. The van der Waals surface area contributed by atoms with E-state index in [0.29, 0.717) is 0 Å². The van der Waals surface area contributed by atoms with Gasteiger partial charge in [-0.2, -0.15) is 0 Å². The van der Waals surface area contributed by atoms with E-state index in [1.807, 2.05) is 57.2 Å². The number of carbonyl (C=O) groups is 1. The molecule has 25 heavy (non-hydrogen) atoms. The average Bonchev–Trinajstić information content (AvgIpc) is 2.90. The lowest BCUT2D eigenvalue weighted by Gasteiger charge is -2.39. The van der Waals surface area contributed by atoms with E-state index < -0.39 is 11.0 Å². The van der Waals surface area contributed by atoms with Gasteiger partial charge in [-0.15, -0.1) is 0 Å². The second-order valence-electron chi connectivity index (χ2n) is 8.06. The standard InChI is InChI=1S/C22H27NO2/c1-15(2)22(20(24)25-21(3,4)5)17-13-9-10-14-18(17)23-19(22)16-11-7-6-8-12-16/h6-15,19,23H,1-5H3/t19-,22-/m1/s1. The van der Waals surface area contributed by atoms with Gasteiger partial charge in [0, 0.05) is 5.69 Å². The van der Waals surface area contributed by atoms with Crippen LogP contribution in [0.15, 0.2) is 54.6 Å². The van der Waals surface area contributed by atoms with Gasteiger partial charge in [0.2, 0.25) is 0 Å². The average molecular weight is 337 g/mol. The fraction of sp³-hybridized carbons (Fsp3) is 0.409. The summed E-state index contributed by atoms with van der Waals surface area (Å²) in [5, 5.41) is 3.59. The van der Waals surface area contributed by atoms with Gasteiger partial charge in [-0.3, -0.25) is 4.79 Å². The first-order valence-corrected chi connectivity index (χ1v) is 8.91. The van der Waals surface area contributed by atoms with Crippen molar-refractivity contribution in [3.63, 3.8) is 0 Å². The molecule has 1 aliphatic rings. The summed E-state index contributed by atoms with van der Waals surface area (Å²) in [4.78, 5) is 13.5. The first kappa shape index (κ1) is 17.5. The molecule has 3 rings (SSSR count). The van der Waals surface area contributed by atoms with Gasteiger partial charge in [-0.05, 0) is 43.9 Å². The number of anilines is 1. The summed E-state index contributed by atoms with van der Waals surface area (Å²) < 4.78 is 5.92. The van der Waals surface area contributed by atoms with Crippen molar-refractivity contribution < 1.29 is 9.53 Å². The van der Waals surface area contributed by atoms with E-state index in [1.54, 1.807) is 0 Å². The number of fused-ring (bicyclic) bond motifs is 1. The quantitative estimate of drug-likeness (QED) is 0.793. The molecule has 3 nitrogen and oxygen atoms in total. The summed E-state index contributed by atoms with van der Waals surface area (Å²) >= 11 is 0. The fourth-order valence-corrected chi connectivity index (χ4v) is 3.86. The summed E-state index contributed by atoms with van der Waals surface area (Å²) in [6.45, 7) is 9.97. The Morgan fingerprint density at radius 3 is 2.24 bits per heavy atom. The van der Waals surface area contributed by atoms with Crippen LogP contribution < -0.4 is 5.32 Å². The van der Waals surface area contributed by atoms with Crippen molar-refractivity contribution in [3.05, 3.63) is 65.7 Å². The van der Waals surface area contributed by atoms with Crippen molar-refractivity contribution in [1.82, 2.24) is 0 Å². The number of rotatable bonds is 3. The number of ether oxygens (including phenoxy) is 1. The molecule has 0 aliphatic carbocycles. The summed E-state index contributed by atoms with van der Waals surface area (Å²) in [5.74, 6) is -0.0926. The van der Waals surface area contributed by atoms with Crippen LogP contribution in [0.25, 0.3) is 0 Å². The molecule has 0 amide bonds. The summed E-state index contributed by atoms with van der Waals surface area (Å²) in [6, 6.07) is 18.1. The Kier molecular flexibility index (Phi) is 4.36. The van der Waals surface area contributed by atoms with Crippen molar-refractivity contribution >= 4 is 11.7 Å². The van der Waals surface area contributed by atoms with E-state index in [0.717, 1.165) is 16.8 Å². The second kappa shape index (κ2) is 6.21. The van der Waals surface area contributed by atoms with Crippen LogP contribution in [0.2, 0.25) is 0 Å². The van der Waals surface area contributed by atoms with Gasteiger partial charge >= 0.3 is 5.97 Å². The van der Waals surface area contributed by atoms with Crippen LogP contribution in [-0.4, -0.2) is 11.6 Å². The van der Waals surface area contributed by atoms with Crippen LogP contribution in [0, 0.1) is 5.92 Å². The van der Waals surface area contributed by atoms with Crippen molar-refractivity contribution in [3.8, 4) is 0 Å². The van der Waals surface area contributed by atoms with Crippen LogP contribution in [0.1, 0.15) is 51.8 Å². The molecule has 3 heteroatoms. The Hall–Kier alpha value is -2.29. The summed E-state index contributed by atoms with van der Waals surface area (Å²) in [7, 11) is 0. The molecule has 1 N–H and O–H groups in total. The van der Waals surface area contributed by atoms with Crippen LogP contribution >= 0.6 is 0 Å². The molecule has 0 radical (unpaired) electrons. The topological polar surface area (TPSA) is 38.3 Å². The van der Waals surface area contributed by atoms with Crippen LogP contribution in [-0.2, 0) is 14.9 Å². The molecule has 0 fully saturated rings. The smallest absolute Gasteiger partial charge is 0.319 e. The molecule has 1 aliphatic heterocycles. The lowest BCUT2D eigenvalue weighted by molar-refractivity contribution is -0.165. The zero-order valence-corrected chi connectivity index (χ0v) is 15.7. The highest BCUT2D eigenvalue weighted by molar-refractivity contribution is 5.91. The zero-order valence-electron chi connectivity index (χ0n) is 15.7. The predicted molar refractivity (Wildman–Crippen MR) is 102 cm³/mol. The summed E-state index contributed by atoms with van der Waals surface area (Å²) in [5.41, 5.74) is 1.84. The molecule has 0 saturated carbocycles. The van der Waals surface area contributed by atoms with Gasteiger partial charge in [0.15, 0.2) is 0 Å². The SMILES string of the molecule is CC(C)[C@@]1(C(=O)OC(C)(C)C)c2ccccc2N[C@@H]1c1ccccc1. The third-order valence-electron chi connectivity index (χ3n) is 4.91. The van der Waals surface area contributed by atoms with Gasteiger partial charge in [0.1, 0.15) is 11.0 Å². The maximum atomic E-state index is 13.5. The predicted octanol–water partition coefficient (Wildman–Crippen LogP) is 5.09. The number of hydrogen-bond acceptors (Lipinski definition) is 3. The van der Waals surface area contributed by atoms with E-state index in [-0.39, 0.29) is 17.9 Å². The zero-order chi connectivity index (χ0) is 18.2. The van der Waals surface area contributed by atoms with Crippen molar-refractivity contribution in [2.75, 3.05) is 5.32 Å². The van der Waals surface area contributed by atoms with Crippen LogP contribution in [0.3, 0.4) is 0 Å². The van der Waals surface area contributed by atoms with E-state index in [2.05, 4.69) is 37.4 Å². The molecule has 0 aromatic heterocycles. The van der Waals surface area contributed by atoms with Crippen LogP contribution in [0.4, 0.5) is 5.69 Å².